The molecule has 0 aliphatic carbocycles. The average molecular weight is 306 g/mol. The number of nitrogens with one attached hydrogen (secondary N) is 2. The molecule has 0 spiro atoms. The summed E-state index contributed by atoms with van der Waals surface area (Å²) in [6.07, 6.45) is 5.30. The van der Waals surface area contributed by atoms with Crippen LogP contribution < -0.4 is 5.56 Å². The molecule has 0 saturated carbocycles. The molecule has 0 atom stereocenters. The van der Waals surface area contributed by atoms with E-state index < -0.39 is 0 Å². The maximum absolute atomic E-state index is 11.8. The van der Waals surface area contributed by atoms with Crippen LogP contribution in [0.15, 0.2) is 71.9 Å². The fourth-order valence-electron chi connectivity index (χ4n) is 2.26. The number of rotatable bonds is 4. The minimum Gasteiger partial charge on any atom is -0.348 e. The largest absolute Gasteiger partial charge is 0.348 e. The first-order valence-electron chi connectivity index (χ1n) is 7.04. The summed E-state index contributed by atoms with van der Waals surface area (Å²) in [4.78, 5) is 25.1. The summed E-state index contributed by atoms with van der Waals surface area (Å²) >= 11 is 0. The van der Waals surface area contributed by atoms with Crippen LogP contribution in [-0.4, -0.2) is 21.7 Å². The van der Waals surface area contributed by atoms with Gasteiger partial charge in [-0.15, -0.1) is 6.58 Å². The molecule has 23 heavy (non-hydrogen) atoms. The van der Waals surface area contributed by atoms with Gasteiger partial charge < -0.3 is 9.97 Å². The first-order valence-corrected chi connectivity index (χ1v) is 7.04. The summed E-state index contributed by atoms with van der Waals surface area (Å²) < 4.78 is 0. The second-order valence-electron chi connectivity index (χ2n) is 4.66. The first-order chi connectivity index (χ1) is 11.2. The fraction of sp³-hybridized carbons (Fsp3) is 0.0556. The number of benzene rings is 1. The summed E-state index contributed by atoms with van der Waals surface area (Å²) in [5, 5.41) is 0. The van der Waals surface area contributed by atoms with E-state index in [1.54, 1.807) is 0 Å². The van der Waals surface area contributed by atoms with Crippen LogP contribution in [0.25, 0.3) is 22.3 Å². The minimum atomic E-state index is -0.155. The molecule has 0 fully saturated rings. The van der Waals surface area contributed by atoms with Gasteiger partial charge in [-0.25, -0.2) is 4.98 Å². The van der Waals surface area contributed by atoms with Crippen LogP contribution in [0.5, 0.6) is 0 Å². The van der Waals surface area contributed by atoms with E-state index in [1.807, 2.05) is 36.4 Å². The minimum absolute atomic E-state index is 0.155. The van der Waals surface area contributed by atoms with Crippen molar-refractivity contribution in [3.05, 3.63) is 78.0 Å². The number of hydrogen-bond donors (Lipinski definition) is 2. The Bertz CT molecular complexity index is 869. The van der Waals surface area contributed by atoms with Gasteiger partial charge in [0.25, 0.3) is 5.56 Å². The summed E-state index contributed by atoms with van der Waals surface area (Å²) in [6.45, 7) is 10.1. The van der Waals surface area contributed by atoms with Crippen LogP contribution in [0.3, 0.4) is 0 Å². The van der Waals surface area contributed by atoms with Gasteiger partial charge in [0.1, 0.15) is 5.52 Å². The van der Waals surface area contributed by atoms with Crippen molar-refractivity contribution in [3.63, 3.8) is 0 Å². The molecule has 116 valence electrons. The highest BCUT2D eigenvalue weighted by Crippen LogP contribution is 2.28. The first kappa shape index (κ1) is 16.2. The molecule has 0 aliphatic rings. The lowest BCUT2D eigenvalue weighted by Gasteiger charge is -2.01. The van der Waals surface area contributed by atoms with Crippen LogP contribution >= 0.6 is 0 Å². The Morgan fingerprint density at radius 2 is 1.91 bits per heavy atom. The highest BCUT2D eigenvalue weighted by molar-refractivity contribution is 5.87. The third-order valence-electron chi connectivity index (χ3n) is 3.23. The Balaban J connectivity index is 0.000000433. The molecule has 2 N–H and O–H groups in total. The lowest BCUT2D eigenvalue weighted by atomic mass is 10.1. The van der Waals surface area contributed by atoms with E-state index in [0.717, 1.165) is 16.8 Å². The number of nitrogens with zero attached hydrogens (tertiary/aromatic N) is 2. The summed E-state index contributed by atoms with van der Waals surface area (Å²) in [5.74, 6) is 0. The Kier molecular flexibility index (Phi) is 5.41. The smallest absolute Gasteiger partial charge is 0.275 e. The molecular weight excluding hydrogens is 288 g/mol. The van der Waals surface area contributed by atoms with E-state index >= 15 is 0 Å². The van der Waals surface area contributed by atoms with E-state index in [-0.39, 0.29) is 5.56 Å². The summed E-state index contributed by atoms with van der Waals surface area (Å²) in [6, 6.07) is 9.91. The Hall–Kier alpha value is -3.21. The second kappa shape index (κ2) is 7.70. The quantitative estimate of drug-likeness (QED) is 0.572. The van der Waals surface area contributed by atoms with Gasteiger partial charge in [-0.1, -0.05) is 43.0 Å². The zero-order valence-electron chi connectivity index (χ0n) is 12.7. The van der Waals surface area contributed by atoms with E-state index in [9.17, 15) is 4.79 Å². The van der Waals surface area contributed by atoms with Crippen LogP contribution in [0.2, 0.25) is 0 Å². The van der Waals surface area contributed by atoms with Gasteiger partial charge >= 0.3 is 0 Å². The van der Waals surface area contributed by atoms with E-state index in [4.69, 9.17) is 0 Å². The van der Waals surface area contributed by atoms with Crippen molar-refractivity contribution in [2.45, 2.75) is 6.42 Å². The molecule has 5 nitrogen and oxygen atoms in total. The number of aromatic amines is 2. The SMILES string of the molecule is C=CCc1c(-c2ccccc2)[nH]c2c(=O)[nH]cnc12.C=CN=C. The van der Waals surface area contributed by atoms with Crippen molar-refractivity contribution in [2.24, 2.45) is 4.99 Å². The summed E-state index contributed by atoms with van der Waals surface area (Å²) in [5.41, 5.74) is 4.04. The highest BCUT2D eigenvalue weighted by Gasteiger charge is 2.14. The molecule has 0 saturated heterocycles. The van der Waals surface area contributed by atoms with Gasteiger partial charge in [-0.05, 0) is 18.7 Å². The van der Waals surface area contributed by atoms with Crippen molar-refractivity contribution < 1.29 is 0 Å². The lowest BCUT2D eigenvalue weighted by Crippen LogP contribution is -2.05. The number of aliphatic imine (C=N–C) groups is 1. The van der Waals surface area contributed by atoms with Crippen LogP contribution in [0, 0.1) is 0 Å². The molecule has 3 aromatic rings. The predicted molar refractivity (Wildman–Crippen MR) is 95.8 cm³/mol. The standard InChI is InChI=1S/C15H13N3O.C3H5N/c1-2-6-11-12(10-7-4-3-5-8-10)18-14-13(11)16-9-17-15(14)19;1-3-4-2/h2-5,7-9,18H,1,6H2,(H,16,17,19);3H,1-2H2. The van der Waals surface area contributed by atoms with Crippen molar-refractivity contribution in [1.29, 1.82) is 0 Å². The molecule has 3 rings (SSSR count). The van der Waals surface area contributed by atoms with E-state index in [1.165, 1.54) is 12.5 Å². The monoisotopic (exact) mass is 306 g/mol. The topological polar surface area (TPSA) is 73.9 Å². The van der Waals surface area contributed by atoms with Gasteiger partial charge in [0.05, 0.1) is 17.5 Å². The van der Waals surface area contributed by atoms with Gasteiger partial charge in [0.15, 0.2) is 0 Å². The Morgan fingerprint density at radius 3 is 2.52 bits per heavy atom. The number of H-pyrrole nitrogens is 2. The normalized spacial score (nSPS) is 9.74. The second-order valence-corrected chi connectivity index (χ2v) is 4.66. The van der Waals surface area contributed by atoms with Gasteiger partial charge in [-0.3, -0.25) is 9.79 Å². The molecule has 0 amide bonds. The van der Waals surface area contributed by atoms with Crippen LogP contribution in [0.4, 0.5) is 0 Å². The fourth-order valence-corrected chi connectivity index (χ4v) is 2.26. The van der Waals surface area contributed by atoms with E-state index in [2.05, 4.69) is 39.8 Å². The lowest BCUT2D eigenvalue weighted by molar-refractivity contribution is 1.16. The van der Waals surface area contributed by atoms with E-state index in [0.29, 0.717) is 17.5 Å². The molecule has 0 aliphatic heterocycles. The van der Waals surface area contributed by atoms with Gasteiger partial charge in [0.2, 0.25) is 0 Å². The van der Waals surface area contributed by atoms with Gasteiger partial charge in [-0.2, -0.15) is 0 Å². The molecule has 5 heteroatoms. The summed E-state index contributed by atoms with van der Waals surface area (Å²) in [7, 11) is 0. The number of allylic oxidation sites excluding steroid dienone is 1. The van der Waals surface area contributed by atoms with Crippen LogP contribution in [-0.2, 0) is 6.42 Å². The van der Waals surface area contributed by atoms with Crippen LogP contribution in [0.1, 0.15) is 5.56 Å². The zero-order chi connectivity index (χ0) is 16.7. The van der Waals surface area contributed by atoms with Crippen molar-refractivity contribution in [2.75, 3.05) is 0 Å². The third-order valence-corrected chi connectivity index (χ3v) is 3.23. The van der Waals surface area contributed by atoms with Crippen molar-refractivity contribution in [1.82, 2.24) is 15.0 Å². The molecule has 2 aromatic heterocycles. The third kappa shape index (κ3) is 3.52. The van der Waals surface area contributed by atoms with Gasteiger partial charge in [0, 0.05) is 11.8 Å². The number of fused-ring (bicyclic) bond motifs is 1. The molecule has 0 unspecified atom stereocenters. The maximum Gasteiger partial charge on any atom is 0.275 e. The Labute approximate surface area is 134 Å². The molecular formula is C18H18N4O. The van der Waals surface area contributed by atoms with Crippen molar-refractivity contribution in [3.8, 4) is 11.3 Å². The number of hydrogen-bond acceptors (Lipinski definition) is 3. The highest BCUT2D eigenvalue weighted by atomic mass is 16.1. The van der Waals surface area contributed by atoms with Crippen molar-refractivity contribution >= 4 is 17.8 Å². The Morgan fingerprint density at radius 1 is 1.22 bits per heavy atom. The predicted octanol–water partition coefficient (Wildman–Crippen LogP) is 3.48. The molecule has 0 bridgehead atoms. The number of aromatic nitrogens is 3. The maximum atomic E-state index is 11.8. The zero-order valence-corrected chi connectivity index (χ0v) is 12.7. The molecule has 2 heterocycles. The molecule has 0 radical (unpaired) electrons. The molecule has 1 aromatic carbocycles. The average Bonchev–Trinajstić information content (AvgIpc) is 2.97.